The van der Waals surface area contributed by atoms with E-state index < -0.39 is 17.7 Å². The van der Waals surface area contributed by atoms with Crippen LogP contribution < -0.4 is 5.73 Å². The molecule has 0 aromatic carbocycles. The van der Waals surface area contributed by atoms with Gasteiger partial charge in [0.1, 0.15) is 11.7 Å². The molecule has 0 spiro atoms. The molecule has 0 unspecified atom stereocenters. The number of rotatable bonds is 1. The molecule has 1 saturated carbocycles. The molecular weight excluding hydrogens is 113 g/mol. The van der Waals surface area contributed by atoms with Gasteiger partial charge in [-0.05, 0) is 0 Å². The minimum atomic E-state index is -1.54. The van der Waals surface area contributed by atoms with Crippen LogP contribution in [0.25, 0.3) is 0 Å². The van der Waals surface area contributed by atoms with Crippen molar-refractivity contribution >= 4 is 5.97 Å². The number of alkyl halides is 1. The zero-order valence-electron chi connectivity index (χ0n) is 4.10. The molecule has 1 aliphatic carbocycles. The summed E-state index contributed by atoms with van der Waals surface area (Å²) >= 11 is 0. The van der Waals surface area contributed by atoms with Gasteiger partial charge in [-0.15, -0.1) is 0 Å². The monoisotopic (exact) mass is 119 g/mol. The predicted octanol–water partition coefficient (Wildman–Crippen LogP) is -0.490. The molecule has 0 aliphatic heterocycles. The second-order valence-electron chi connectivity index (χ2n) is 2.02. The number of hydrogen-bond donors (Lipinski definition) is 2. The van der Waals surface area contributed by atoms with Crippen molar-refractivity contribution in [2.45, 2.75) is 18.1 Å². The first-order valence-corrected chi connectivity index (χ1v) is 2.24. The first-order chi connectivity index (χ1) is 3.57. The fraction of sp³-hybridized carbons (Fsp3) is 0.750. The maximum atomic E-state index is 11.9. The lowest BCUT2D eigenvalue weighted by molar-refractivity contribution is -0.140. The third-order valence-corrected chi connectivity index (χ3v) is 1.31. The molecule has 3 nitrogen and oxygen atoms in total. The summed E-state index contributed by atoms with van der Waals surface area (Å²) in [4.78, 5) is 9.93. The predicted molar refractivity (Wildman–Crippen MR) is 24.1 cm³/mol. The lowest BCUT2D eigenvalue weighted by Crippen LogP contribution is -2.35. The number of carboxylic acids is 1. The largest absolute Gasteiger partial charge is 0.480 e. The van der Waals surface area contributed by atoms with Gasteiger partial charge in [0, 0.05) is 6.42 Å². The van der Waals surface area contributed by atoms with E-state index in [1.54, 1.807) is 0 Å². The van der Waals surface area contributed by atoms with E-state index in [1.165, 1.54) is 0 Å². The maximum Gasteiger partial charge on any atom is 0.326 e. The Labute approximate surface area is 45.3 Å². The van der Waals surface area contributed by atoms with Crippen molar-refractivity contribution < 1.29 is 14.3 Å². The summed E-state index contributed by atoms with van der Waals surface area (Å²) in [5, 5.41) is 8.12. The van der Waals surface area contributed by atoms with Crippen molar-refractivity contribution in [3.63, 3.8) is 0 Å². The van der Waals surface area contributed by atoms with Gasteiger partial charge in [0.25, 0.3) is 0 Å². The summed E-state index contributed by atoms with van der Waals surface area (Å²) in [6.45, 7) is 0. The smallest absolute Gasteiger partial charge is 0.326 e. The van der Waals surface area contributed by atoms with Crippen LogP contribution in [0.1, 0.15) is 6.42 Å². The molecule has 2 atom stereocenters. The van der Waals surface area contributed by atoms with Crippen LogP contribution in [0, 0.1) is 0 Å². The third-order valence-electron chi connectivity index (χ3n) is 1.31. The summed E-state index contributed by atoms with van der Waals surface area (Å²) in [6, 6.07) is 0. The summed E-state index contributed by atoms with van der Waals surface area (Å²) in [5.74, 6) is -1.25. The molecule has 46 valence electrons. The van der Waals surface area contributed by atoms with Gasteiger partial charge in [0.15, 0.2) is 0 Å². The van der Waals surface area contributed by atoms with Gasteiger partial charge in [0.05, 0.1) is 0 Å². The van der Waals surface area contributed by atoms with Gasteiger partial charge < -0.3 is 10.8 Å². The van der Waals surface area contributed by atoms with Gasteiger partial charge in [-0.2, -0.15) is 0 Å². The SMILES string of the molecule is N[C@@]1(C(=O)O)C[C@@H]1F. The zero-order chi connectivity index (χ0) is 6.36. The highest BCUT2D eigenvalue weighted by Crippen LogP contribution is 2.36. The summed E-state index contributed by atoms with van der Waals surface area (Å²) in [6.07, 6.45) is -1.37. The highest BCUT2D eigenvalue weighted by atomic mass is 19.1. The van der Waals surface area contributed by atoms with Gasteiger partial charge in [-0.3, -0.25) is 4.79 Å². The van der Waals surface area contributed by atoms with Crippen molar-refractivity contribution in [3.8, 4) is 0 Å². The molecule has 0 aromatic rings. The quantitative estimate of drug-likeness (QED) is 0.489. The first kappa shape index (κ1) is 5.50. The molecule has 0 heterocycles. The molecular formula is C4H6FNO2. The van der Waals surface area contributed by atoms with E-state index in [2.05, 4.69) is 0 Å². The molecule has 1 fully saturated rings. The normalized spacial score (nSPS) is 44.0. The number of carbonyl (C=O) groups is 1. The second-order valence-corrected chi connectivity index (χ2v) is 2.02. The minimum absolute atomic E-state index is 0.0394. The Bertz CT molecular complexity index is 138. The molecule has 4 heteroatoms. The van der Waals surface area contributed by atoms with Gasteiger partial charge in [0.2, 0.25) is 0 Å². The molecule has 8 heavy (non-hydrogen) atoms. The Hall–Kier alpha value is -0.640. The topological polar surface area (TPSA) is 63.3 Å². The number of halogens is 1. The average Bonchev–Trinajstić information content (AvgIpc) is 2.17. The number of hydrogen-bond acceptors (Lipinski definition) is 2. The van der Waals surface area contributed by atoms with Crippen molar-refractivity contribution in [1.82, 2.24) is 0 Å². The highest BCUT2D eigenvalue weighted by molar-refractivity contribution is 5.83. The molecule has 0 saturated heterocycles. The van der Waals surface area contributed by atoms with E-state index in [0.29, 0.717) is 0 Å². The van der Waals surface area contributed by atoms with Crippen LogP contribution in [0.15, 0.2) is 0 Å². The number of aliphatic carboxylic acids is 1. The lowest BCUT2D eigenvalue weighted by atomic mass is 10.3. The Balaban J connectivity index is 2.60. The molecule has 0 bridgehead atoms. The van der Waals surface area contributed by atoms with Crippen molar-refractivity contribution in [1.29, 1.82) is 0 Å². The van der Waals surface area contributed by atoms with Crippen LogP contribution in [-0.2, 0) is 4.79 Å². The molecule has 0 amide bonds. The van der Waals surface area contributed by atoms with Crippen molar-refractivity contribution in [3.05, 3.63) is 0 Å². The van der Waals surface area contributed by atoms with E-state index in [0.717, 1.165) is 0 Å². The Morgan fingerprint density at radius 1 is 2.00 bits per heavy atom. The standard InChI is InChI=1S/C4H6FNO2/c5-2-1-4(2,6)3(7)8/h2H,1,6H2,(H,7,8)/t2-,4-/m0/s1. The van der Waals surface area contributed by atoms with Crippen LogP contribution in [-0.4, -0.2) is 22.8 Å². The minimum Gasteiger partial charge on any atom is -0.480 e. The first-order valence-electron chi connectivity index (χ1n) is 2.24. The van der Waals surface area contributed by atoms with Crippen LogP contribution in [0.3, 0.4) is 0 Å². The fourth-order valence-corrected chi connectivity index (χ4v) is 0.459. The van der Waals surface area contributed by atoms with Crippen LogP contribution in [0.2, 0.25) is 0 Å². The molecule has 0 radical (unpaired) electrons. The van der Waals surface area contributed by atoms with E-state index in [-0.39, 0.29) is 6.42 Å². The van der Waals surface area contributed by atoms with E-state index in [4.69, 9.17) is 10.8 Å². The van der Waals surface area contributed by atoms with Crippen molar-refractivity contribution in [2.75, 3.05) is 0 Å². The molecule has 1 rings (SSSR count). The van der Waals surface area contributed by atoms with Crippen molar-refractivity contribution in [2.24, 2.45) is 5.73 Å². The average molecular weight is 119 g/mol. The number of nitrogens with two attached hydrogens (primary N) is 1. The Morgan fingerprint density at radius 3 is 2.38 bits per heavy atom. The highest BCUT2D eigenvalue weighted by Gasteiger charge is 2.59. The van der Waals surface area contributed by atoms with Gasteiger partial charge in [-0.25, -0.2) is 4.39 Å². The Kier molecular flexibility index (Phi) is 0.822. The van der Waals surface area contributed by atoms with Crippen LogP contribution in [0.5, 0.6) is 0 Å². The second kappa shape index (κ2) is 1.20. The molecule has 0 aromatic heterocycles. The van der Waals surface area contributed by atoms with Gasteiger partial charge in [-0.1, -0.05) is 0 Å². The third kappa shape index (κ3) is 0.494. The van der Waals surface area contributed by atoms with E-state index in [9.17, 15) is 9.18 Å². The summed E-state index contributed by atoms with van der Waals surface area (Å²) < 4.78 is 11.9. The van der Waals surface area contributed by atoms with Gasteiger partial charge >= 0.3 is 5.97 Å². The lowest BCUT2D eigenvalue weighted by Gasteiger charge is -1.96. The van der Waals surface area contributed by atoms with Crippen LogP contribution in [0.4, 0.5) is 4.39 Å². The maximum absolute atomic E-state index is 11.9. The van der Waals surface area contributed by atoms with Crippen LogP contribution >= 0.6 is 0 Å². The van der Waals surface area contributed by atoms with E-state index >= 15 is 0 Å². The Morgan fingerprint density at radius 2 is 2.38 bits per heavy atom. The summed E-state index contributed by atoms with van der Waals surface area (Å²) in [7, 11) is 0. The van der Waals surface area contributed by atoms with E-state index in [1.807, 2.05) is 0 Å². The molecule has 1 aliphatic rings. The molecule has 3 N–H and O–H groups in total. The zero-order valence-corrected chi connectivity index (χ0v) is 4.10. The fourth-order valence-electron chi connectivity index (χ4n) is 0.459. The summed E-state index contributed by atoms with van der Waals surface area (Å²) in [5.41, 5.74) is 3.42. The number of carboxylic acid groups (broad SMARTS) is 1.